The molecule has 0 saturated heterocycles. The molecule has 0 bridgehead atoms. The van der Waals surface area contributed by atoms with Crippen LogP contribution in [0.15, 0.2) is 71.6 Å². The van der Waals surface area contributed by atoms with Gasteiger partial charge >= 0.3 is 0 Å². The minimum absolute atomic E-state index is 0.0235. The van der Waals surface area contributed by atoms with Crippen LogP contribution in [-0.2, 0) is 10.0 Å². The van der Waals surface area contributed by atoms with Gasteiger partial charge in [0.2, 0.25) is 0 Å². The van der Waals surface area contributed by atoms with Crippen molar-refractivity contribution in [3.05, 3.63) is 87.4 Å². The van der Waals surface area contributed by atoms with Gasteiger partial charge in [0.05, 0.1) is 33.3 Å². The van der Waals surface area contributed by atoms with E-state index in [0.717, 1.165) is 0 Å². The fraction of sp³-hybridized carbons (Fsp3) is 0.0500. The summed E-state index contributed by atoms with van der Waals surface area (Å²) in [5.74, 6) is -0.513. The number of hydrogen-bond acceptors (Lipinski definition) is 4. The summed E-state index contributed by atoms with van der Waals surface area (Å²) >= 11 is 18.2. The van der Waals surface area contributed by atoms with Gasteiger partial charge in [0.15, 0.2) is 0 Å². The Balaban J connectivity index is 2.21. The van der Waals surface area contributed by atoms with Crippen molar-refractivity contribution in [2.75, 3.05) is 11.4 Å². The van der Waals surface area contributed by atoms with Crippen LogP contribution in [0.3, 0.4) is 0 Å². The fourth-order valence-corrected chi connectivity index (χ4v) is 4.78. The molecule has 0 fully saturated rings. The van der Waals surface area contributed by atoms with Gasteiger partial charge in [-0.05, 0) is 48.5 Å². The van der Waals surface area contributed by atoms with Crippen LogP contribution in [-0.4, -0.2) is 21.4 Å². The van der Waals surface area contributed by atoms with Crippen LogP contribution in [0.1, 0.15) is 10.4 Å². The molecular weight excluding hydrogens is 457 g/mol. The zero-order valence-corrected chi connectivity index (χ0v) is 18.1. The maximum absolute atomic E-state index is 13.4. The van der Waals surface area contributed by atoms with E-state index >= 15 is 0 Å². The van der Waals surface area contributed by atoms with Gasteiger partial charge in [0.25, 0.3) is 15.9 Å². The smallest absolute Gasteiger partial charge is 0.273 e. The molecular formula is C20H14Cl3NO4S. The van der Waals surface area contributed by atoms with Crippen molar-refractivity contribution >= 4 is 56.4 Å². The highest BCUT2D eigenvalue weighted by Gasteiger charge is 2.33. The topological polar surface area (TPSA) is 63.7 Å². The molecule has 0 heterocycles. The van der Waals surface area contributed by atoms with E-state index in [2.05, 4.69) is 0 Å². The van der Waals surface area contributed by atoms with Crippen molar-refractivity contribution < 1.29 is 17.9 Å². The first kappa shape index (κ1) is 21.5. The summed E-state index contributed by atoms with van der Waals surface area (Å²) in [5, 5.41) is 0.486. The van der Waals surface area contributed by atoms with Crippen LogP contribution in [0.4, 0.5) is 5.69 Å². The lowest BCUT2D eigenvalue weighted by Gasteiger charge is -2.23. The SMILES string of the molecule is COc1ccc(N(C(=O)c2ccc(Cl)cc2Cl)S(=O)(=O)c2ccccc2)cc1Cl. The normalized spacial score (nSPS) is 11.2. The molecule has 5 nitrogen and oxygen atoms in total. The molecule has 0 radical (unpaired) electrons. The van der Waals surface area contributed by atoms with Crippen molar-refractivity contribution in [1.29, 1.82) is 0 Å². The Morgan fingerprint density at radius 3 is 2.17 bits per heavy atom. The molecule has 0 saturated carbocycles. The molecule has 0 N–H and O–H groups in total. The highest BCUT2D eigenvalue weighted by Crippen LogP contribution is 2.34. The van der Waals surface area contributed by atoms with Gasteiger partial charge in [-0.25, -0.2) is 8.42 Å². The molecule has 0 aromatic heterocycles. The number of benzene rings is 3. The molecule has 0 aliphatic heterocycles. The summed E-state index contributed by atoms with van der Waals surface area (Å²) in [5.41, 5.74) is 0.0122. The summed E-state index contributed by atoms with van der Waals surface area (Å²) in [6, 6.07) is 16.0. The number of sulfonamides is 1. The average Bonchev–Trinajstić information content (AvgIpc) is 2.68. The minimum Gasteiger partial charge on any atom is -0.495 e. The van der Waals surface area contributed by atoms with Crippen LogP contribution in [0.5, 0.6) is 5.75 Å². The Bertz CT molecular complexity index is 1170. The van der Waals surface area contributed by atoms with Crippen molar-refractivity contribution in [3.63, 3.8) is 0 Å². The highest BCUT2D eigenvalue weighted by atomic mass is 35.5. The zero-order valence-electron chi connectivity index (χ0n) is 15.0. The maximum Gasteiger partial charge on any atom is 0.273 e. The van der Waals surface area contributed by atoms with Gasteiger partial charge in [-0.3, -0.25) is 4.79 Å². The van der Waals surface area contributed by atoms with Gasteiger partial charge in [-0.2, -0.15) is 4.31 Å². The molecule has 0 aliphatic rings. The Labute approximate surface area is 183 Å². The molecule has 3 rings (SSSR count). The molecule has 3 aromatic rings. The maximum atomic E-state index is 13.4. The summed E-state index contributed by atoms with van der Waals surface area (Å²) in [6.07, 6.45) is 0. The van der Waals surface area contributed by atoms with E-state index in [1.165, 1.54) is 55.6 Å². The third-order valence-electron chi connectivity index (χ3n) is 4.00. The first-order valence-electron chi connectivity index (χ1n) is 8.19. The molecule has 3 aromatic carbocycles. The molecule has 0 aliphatic carbocycles. The lowest BCUT2D eigenvalue weighted by atomic mass is 10.2. The summed E-state index contributed by atoms with van der Waals surface area (Å²) in [7, 11) is -2.84. The number of anilines is 1. The molecule has 0 atom stereocenters. The highest BCUT2D eigenvalue weighted by molar-refractivity contribution is 7.93. The second kappa shape index (κ2) is 8.63. The number of methoxy groups -OCH3 is 1. The zero-order chi connectivity index (χ0) is 21.2. The Morgan fingerprint density at radius 1 is 0.897 bits per heavy atom. The van der Waals surface area contributed by atoms with Crippen LogP contribution >= 0.6 is 34.8 Å². The second-order valence-corrected chi connectivity index (χ2v) is 8.87. The fourth-order valence-electron chi connectivity index (χ4n) is 2.62. The summed E-state index contributed by atoms with van der Waals surface area (Å²) in [6.45, 7) is 0. The number of rotatable bonds is 5. The molecule has 1 amide bonds. The van der Waals surface area contributed by atoms with E-state index < -0.39 is 15.9 Å². The van der Waals surface area contributed by atoms with Crippen molar-refractivity contribution in [2.24, 2.45) is 0 Å². The number of hydrogen-bond donors (Lipinski definition) is 0. The first-order chi connectivity index (χ1) is 13.8. The van der Waals surface area contributed by atoms with Crippen molar-refractivity contribution in [1.82, 2.24) is 0 Å². The van der Waals surface area contributed by atoms with Gasteiger partial charge in [0.1, 0.15) is 5.75 Å². The van der Waals surface area contributed by atoms with Crippen LogP contribution < -0.4 is 9.04 Å². The van der Waals surface area contributed by atoms with Crippen LogP contribution in [0.25, 0.3) is 0 Å². The van der Waals surface area contributed by atoms with E-state index in [1.54, 1.807) is 18.2 Å². The van der Waals surface area contributed by atoms with Crippen LogP contribution in [0.2, 0.25) is 15.1 Å². The number of nitrogens with zero attached hydrogens (tertiary/aromatic N) is 1. The van der Waals surface area contributed by atoms with E-state index in [-0.39, 0.29) is 26.2 Å². The minimum atomic E-state index is -4.27. The van der Waals surface area contributed by atoms with Gasteiger partial charge in [-0.15, -0.1) is 0 Å². The van der Waals surface area contributed by atoms with E-state index in [1.807, 2.05) is 0 Å². The standard InChI is InChI=1S/C20H14Cl3NO4S/c1-28-19-10-8-14(12-18(19)23)24(29(26,27)15-5-3-2-4-6-15)20(25)16-9-7-13(21)11-17(16)22/h2-12H,1H3. The average molecular weight is 471 g/mol. The third kappa shape index (κ3) is 4.36. The number of halogens is 3. The second-order valence-electron chi connectivity index (χ2n) is 5.83. The van der Waals surface area contributed by atoms with E-state index in [9.17, 15) is 13.2 Å². The predicted molar refractivity (Wildman–Crippen MR) is 115 cm³/mol. The van der Waals surface area contributed by atoms with E-state index in [4.69, 9.17) is 39.5 Å². The lowest BCUT2D eigenvalue weighted by Crippen LogP contribution is -2.37. The molecule has 29 heavy (non-hydrogen) atoms. The lowest BCUT2D eigenvalue weighted by molar-refractivity contribution is 0.101. The third-order valence-corrected chi connectivity index (χ3v) is 6.57. The van der Waals surface area contributed by atoms with Crippen molar-refractivity contribution in [2.45, 2.75) is 4.90 Å². The molecule has 0 spiro atoms. The molecule has 9 heteroatoms. The Kier molecular flexibility index (Phi) is 6.39. The van der Waals surface area contributed by atoms with E-state index in [0.29, 0.717) is 15.1 Å². The number of carbonyl (C=O) groups excluding carboxylic acids is 1. The number of amides is 1. The quantitative estimate of drug-likeness (QED) is 0.480. The Morgan fingerprint density at radius 2 is 1.59 bits per heavy atom. The predicted octanol–water partition coefficient (Wildman–Crippen LogP) is 5.69. The summed E-state index contributed by atoms with van der Waals surface area (Å²) < 4.78 is 32.5. The number of ether oxygens (including phenoxy) is 1. The Hall–Kier alpha value is -2.25. The molecule has 0 unspecified atom stereocenters. The van der Waals surface area contributed by atoms with Gasteiger partial charge in [-0.1, -0.05) is 53.0 Å². The van der Waals surface area contributed by atoms with Crippen LogP contribution in [0, 0.1) is 0 Å². The molecule has 150 valence electrons. The van der Waals surface area contributed by atoms with Crippen molar-refractivity contribution in [3.8, 4) is 5.75 Å². The largest absolute Gasteiger partial charge is 0.495 e. The number of carbonyl (C=O) groups is 1. The van der Waals surface area contributed by atoms with Gasteiger partial charge in [0, 0.05) is 5.02 Å². The van der Waals surface area contributed by atoms with Gasteiger partial charge < -0.3 is 4.74 Å². The first-order valence-corrected chi connectivity index (χ1v) is 10.8. The monoisotopic (exact) mass is 469 g/mol. The summed E-state index contributed by atoms with van der Waals surface area (Å²) in [4.78, 5) is 13.2.